The Morgan fingerprint density at radius 2 is 0.868 bits per heavy atom. The van der Waals surface area contributed by atoms with Gasteiger partial charge in [-0.05, 0) is 115 Å². The first-order valence-electron chi connectivity index (χ1n) is 18.6. The van der Waals surface area contributed by atoms with Crippen LogP contribution in [0.1, 0.15) is 36.1 Å². The summed E-state index contributed by atoms with van der Waals surface area (Å²) in [7, 11) is 0. The highest BCUT2D eigenvalue weighted by atomic mass is 15.1. The van der Waals surface area contributed by atoms with Gasteiger partial charge in [-0.15, -0.1) is 0 Å². The van der Waals surface area contributed by atoms with Crippen LogP contribution in [0.3, 0.4) is 0 Å². The minimum absolute atomic E-state index is 0.0310. The van der Waals surface area contributed by atoms with E-state index in [0.717, 1.165) is 23.5 Å². The van der Waals surface area contributed by atoms with Crippen LogP contribution in [0.2, 0.25) is 0 Å². The Bertz CT molecular complexity index is 2650. The molecule has 0 N–H and O–H groups in total. The molecule has 0 spiro atoms. The smallest absolute Gasteiger partial charge is 0.0540 e. The maximum atomic E-state index is 2.41. The zero-order chi connectivity index (χ0) is 35.5. The van der Waals surface area contributed by atoms with Crippen LogP contribution in [0.4, 0.5) is 17.1 Å². The van der Waals surface area contributed by atoms with E-state index in [1.165, 1.54) is 77.9 Å². The van der Waals surface area contributed by atoms with Crippen LogP contribution in [0, 0.1) is 0 Å². The largest absolute Gasteiger partial charge is 0.310 e. The van der Waals surface area contributed by atoms with Gasteiger partial charge in [0.05, 0.1) is 5.69 Å². The second kappa shape index (κ2) is 12.4. The highest BCUT2D eigenvalue weighted by Gasteiger charge is 2.35. The molecule has 0 atom stereocenters. The Kier molecular flexibility index (Phi) is 7.30. The zero-order valence-electron chi connectivity index (χ0n) is 30.1. The minimum Gasteiger partial charge on any atom is -0.310 e. The third kappa shape index (κ3) is 5.23. The first kappa shape index (κ1) is 31.3. The van der Waals surface area contributed by atoms with Crippen molar-refractivity contribution < 1.29 is 0 Å². The Balaban J connectivity index is 1.03. The van der Waals surface area contributed by atoms with Crippen molar-refractivity contribution in [1.82, 2.24) is 0 Å². The number of hydrogen-bond donors (Lipinski definition) is 0. The monoisotopic (exact) mass is 677 g/mol. The van der Waals surface area contributed by atoms with Crippen LogP contribution in [0.15, 0.2) is 188 Å². The van der Waals surface area contributed by atoms with E-state index in [2.05, 4.69) is 207 Å². The molecule has 0 saturated heterocycles. The maximum Gasteiger partial charge on any atom is 0.0540 e. The van der Waals surface area contributed by atoms with E-state index in [4.69, 9.17) is 0 Å². The molecular weight excluding hydrogens is 639 g/mol. The maximum absolute atomic E-state index is 2.41. The summed E-state index contributed by atoms with van der Waals surface area (Å²) < 4.78 is 0. The van der Waals surface area contributed by atoms with Crippen molar-refractivity contribution >= 4 is 17.1 Å². The standard InChI is InChI=1S/C52H39N/c1-52(2)49-18-10-8-17-47(49)48-31-25-39(34-50(48)52)36-22-28-43(29-23-36)53(51-19-11-9-16-46(51)37-12-4-3-5-13-37)42-26-20-35(21-27-42)38-24-30-45-41(32-38)33-40-14-6-7-15-44(40)45/h3-32,34H,33H2,1-2H3. The molecule has 10 rings (SSSR count). The summed E-state index contributed by atoms with van der Waals surface area (Å²) in [5.41, 5.74) is 21.7. The molecule has 8 aromatic rings. The molecule has 8 aromatic carbocycles. The van der Waals surface area contributed by atoms with E-state index in [1.807, 2.05) is 0 Å². The second-order valence-electron chi connectivity index (χ2n) is 14.9. The third-order valence-corrected chi connectivity index (χ3v) is 11.5. The van der Waals surface area contributed by atoms with Gasteiger partial charge in [-0.2, -0.15) is 0 Å². The molecule has 53 heavy (non-hydrogen) atoms. The highest BCUT2D eigenvalue weighted by molar-refractivity contribution is 5.90. The average molecular weight is 678 g/mol. The molecule has 0 aliphatic heterocycles. The van der Waals surface area contributed by atoms with E-state index in [1.54, 1.807) is 0 Å². The van der Waals surface area contributed by atoms with Crippen molar-refractivity contribution in [3.63, 3.8) is 0 Å². The molecule has 252 valence electrons. The van der Waals surface area contributed by atoms with Gasteiger partial charge in [0.1, 0.15) is 0 Å². The number of nitrogens with zero attached hydrogens (tertiary/aromatic N) is 1. The lowest BCUT2D eigenvalue weighted by Gasteiger charge is -2.28. The molecule has 1 nitrogen and oxygen atoms in total. The van der Waals surface area contributed by atoms with Gasteiger partial charge in [0.15, 0.2) is 0 Å². The summed E-state index contributed by atoms with van der Waals surface area (Å²) >= 11 is 0. The van der Waals surface area contributed by atoms with Crippen molar-refractivity contribution in [2.45, 2.75) is 25.7 Å². The van der Waals surface area contributed by atoms with Crippen LogP contribution in [-0.2, 0) is 11.8 Å². The topological polar surface area (TPSA) is 3.24 Å². The van der Waals surface area contributed by atoms with Crippen molar-refractivity contribution in [2.24, 2.45) is 0 Å². The Hall–Kier alpha value is -6.44. The van der Waals surface area contributed by atoms with E-state index < -0.39 is 0 Å². The van der Waals surface area contributed by atoms with Crippen molar-refractivity contribution in [3.8, 4) is 55.6 Å². The van der Waals surface area contributed by atoms with E-state index in [0.29, 0.717) is 0 Å². The molecule has 2 aliphatic rings. The van der Waals surface area contributed by atoms with Gasteiger partial charge in [-0.3, -0.25) is 0 Å². The first-order valence-corrected chi connectivity index (χ1v) is 18.6. The van der Waals surface area contributed by atoms with E-state index in [9.17, 15) is 0 Å². The fourth-order valence-corrected chi connectivity index (χ4v) is 8.77. The van der Waals surface area contributed by atoms with Gasteiger partial charge in [-0.25, -0.2) is 0 Å². The summed E-state index contributed by atoms with van der Waals surface area (Å²) in [6.45, 7) is 4.70. The van der Waals surface area contributed by atoms with Crippen LogP contribution >= 0.6 is 0 Å². The van der Waals surface area contributed by atoms with E-state index >= 15 is 0 Å². The SMILES string of the molecule is CC1(C)c2ccccc2-c2ccc(-c3ccc(N(c4ccc(-c5ccc6c(c5)Cc5ccccc5-6)cc4)c4ccccc4-c4ccccc4)cc3)cc21. The number of fused-ring (bicyclic) bond motifs is 6. The van der Waals surface area contributed by atoms with Gasteiger partial charge in [0.2, 0.25) is 0 Å². The van der Waals surface area contributed by atoms with Gasteiger partial charge in [0, 0.05) is 22.4 Å². The summed E-state index contributed by atoms with van der Waals surface area (Å²) in [6.07, 6.45) is 0.994. The first-order chi connectivity index (χ1) is 26.0. The van der Waals surface area contributed by atoms with Gasteiger partial charge in [-0.1, -0.05) is 166 Å². The minimum atomic E-state index is -0.0310. The molecule has 1 heteroatoms. The molecule has 0 bridgehead atoms. The number of benzene rings is 8. The van der Waals surface area contributed by atoms with Crippen molar-refractivity contribution in [1.29, 1.82) is 0 Å². The summed E-state index contributed by atoms with van der Waals surface area (Å²) in [4.78, 5) is 2.40. The highest BCUT2D eigenvalue weighted by Crippen LogP contribution is 2.50. The van der Waals surface area contributed by atoms with Crippen molar-refractivity contribution in [2.75, 3.05) is 4.90 Å². The molecule has 0 unspecified atom stereocenters. The average Bonchev–Trinajstić information content (AvgIpc) is 3.70. The van der Waals surface area contributed by atoms with Crippen LogP contribution < -0.4 is 4.90 Å². The predicted octanol–water partition coefficient (Wildman–Crippen LogP) is 14.0. The van der Waals surface area contributed by atoms with Gasteiger partial charge < -0.3 is 4.90 Å². The summed E-state index contributed by atoms with van der Waals surface area (Å²) in [6, 6.07) is 69.2. The van der Waals surface area contributed by atoms with Crippen LogP contribution in [0.5, 0.6) is 0 Å². The second-order valence-corrected chi connectivity index (χ2v) is 14.9. The molecular formula is C52H39N. The lowest BCUT2D eigenvalue weighted by molar-refractivity contribution is 0.660. The quantitative estimate of drug-likeness (QED) is 0.169. The Morgan fingerprint density at radius 1 is 0.358 bits per heavy atom. The normalized spacial score (nSPS) is 13.2. The molecule has 0 amide bonds. The van der Waals surface area contributed by atoms with Gasteiger partial charge in [0.25, 0.3) is 0 Å². The van der Waals surface area contributed by atoms with E-state index in [-0.39, 0.29) is 5.41 Å². The molecule has 0 fully saturated rings. The summed E-state index contributed by atoms with van der Waals surface area (Å²) in [5.74, 6) is 0. The van der Waals surface area contributed by atoms with Gasteiger partial charge >= 0.3 is 0 Å². The van der Waals surface area contributed by atoms with Crippen LogP contribution in [0.25, 0.3) is 55.6 Å². The van der Waals surface area contributed by atoms with Crippen molar-refractivity contribution in [3.05, 3.63) is 210 Å². The number of rotatable bonds is 6. The summed E-state index contributed by atoms with van der Waals surface area (Å²) in [5, 5.41) is 0. The molecule has 0 radical (unpaired) electrons. The van der Waals surface area contributed by atoms with Crippen LogP contribution in [-0.4, -0.2) is 0 Å². The molecule has 0 heterocycles. The zero-order valence-corrected chi connectivity index (χ0v) is 30.1. The lowest BCUT2D eigenvalue weighted by Crippen LogP contribution is -2.14. The Morgan fingerprint density at radius 3 is 1.58 bits per heavy atom. The molecule has 2 aliphatic carbocycles. The third-order valence-electron chi connectivity index (χ3n) is 11.5. The fourth-order valence-electron chi connectivity index (χ4n) is 8.77. The fraction of sp³-hybridized carbons (Fsp3) is 0.0769. The Labute approximate surface area is 312 Å². The molecule has 0 saturated carbocycles. The number of para-hydroxylation sites is 1. The number of hydrogen-bond acceptors (Lipinski definition) is 1. The molecule has 0 aromatic heterocycles. The number of anilines is 3. The predicted molar refractivity (Wildman–Crippen MR) is 223 cm³/mol. The lowest BCUT2D eigenvalue weighted by atomic mass is 9.81.